The summed E-state index contributed by atoms with van der Waals surface area (Å²) in [5.41, 5.74) is 0.455. The molecule has 2 unspecified atom stereocenters. The molecule has 0 aliphatic heterocycles. The van der Waals surface area contributed by atoms with Crippen LogP contribution in [0.4, 0.5) is 0 Å². The van der Waals surface area contributed by atoms with Crippen LogP contribution < -0.4 is 5.32 Å². The first-order valence-corrected chi connectivity index (χ1v) is 8.58. The van der Waals surface area contributed by atoms with Crippen LogP contribution in [0.5, 0.6) is 0 Å². The van der Waals surface area contributed by atoms with Crippen molar-refractivity contribution in [2.45, 2.75) is 53.0 Å². The topological polar surface area (TPSA) is 46.2 Å². The van der Waals surface area contributed by atoms with Crippen molar-refractivity contribution in [1.29, 1.82) is 0 Å². The molecule has 0 radical (unpaired) electrons. The Morgan fingerprint density at radius 3 is 2.35 bits per heavy atom. The highest BCUT2D eigenvalue weighted by Crippen LogP contribution is 2.54. The van der Waals surface area contributed by atoms with Gasteiger partial charge in [-0.3, -0.25) is 0 Å². The second-order valence-corrected chi connectivity index (χ2v) is 8.31. The molecular formula is C13H27NO2S. The molecule has 4 heteroatoms. The fourth-order valence-corrected chi connectivity index (χ4v) is 3.47. The fourth-order valence-electron chi connectivity index (χ4n) is 2.57. The van der Waals surface area contributed by atoms with Gasteiger partial charge in [-0.25, -0.2) is 8.42 Å². The number of sulfone groups is 1. The SMILES string of the molecule is CCNC(CCCS(=O)(=O)CC)C1CC1(C)C. The van der Waals surface area contributed by atoms with E-state index in [9.17, 15) is 8.42 Å². The van der Waals surface area contributed by atoms with E-state index in [-0.39, 0.29) is 5.75 Å². The molecule has 1 aliphatic carbocycles. The van der Waals surface area contributed by atoms with Crippen LogP contribution in [0.25, 0.3) is 0 Å². The Morgan fingerprint density at radius 1 is 1.35 bits per heavy atom. The van der Waals surface area contributed by atoms with Crippen molar-refractivity contribution < 1.29 is 8.42 Å². The van der Waals surface area contributed by atoms with Crippen molar-refractivity contribution in [1.82, 2.24) is 5.32 Å². The van der Waals surface area contributed by atoms with E-state index in [0.717, 1.165) is 25.3 Å². The van der Waals surface area contributed by atoms with Gasteiger partial charge in [-0.2, -0.15) is 0 Å². The monoisotopic (exact) mass is 261 g/mol. The number of hydrogen-bond acceptors (Lipinski definition) is 3. The maximum absolute atomic E-state index is 11.4. The van der Waals surface area contributed by atoms with Crippen LogP contribution in [-0.2, 0) is 9.84 Å². The zero-order valence-electron chi connectivity index (χ0n) is 11.6. The molecule has 1 aliphatic rings. The van der Waals surface area contributed by atoms with Crippen LogP contribution >= 0.6 is 0 Å². The lowest BCUT2D eigenvalue weighted by atomic mass is 10.00. The predicted molar refractivity (Wildman–Crippen MR) is 72.9 cm³/mol. The molecular weight excluding hydrogens is 234 g/mol. The fraction of sp³-hybridized carbons (Fsp3) is 1.00. The maximum atomic E-state index is 11.4. The van der Waals surface area contributed by atoms with Crippen LogP contribution in [0.1, 0.15) is 47.0 Å². The van der Waals surface area contributed by atoms with E-state index in [1.54, 1.807) is 6.92 Å². The molecule has 102 valence electrons. The van der Waals surface area contributed by atoms with Crippen molar-refractivity contribution in [2.24, 2.45) is 11.3 Å². The van der Waals surface area contributed by atoms with Gasteiger partial charge in [-0.15, -0.1) is 0 Å². The normalized spacial score (nSPS) is 24.6. The lowest BCUT2D eigenvalue weighted by Crippen LogP contribution is -2.32. The average molecular weight is 261 g/mol. The molecule has 1 rings (SSSR count). The van der Waals surface area contributed by atoms with Crippen LogP contribution in [0, 0.1) is 11.3 Å². The number of nitrogens with one attached hydrogen (secondary N) is 1. The minimum absolute atomic E-state index is 0.272. The molecule has 0 aromatic carbocycles. The summed E-state index contributed by atoms with van der Waals surface area (Å²) in [4.78, 5) is 0. The predicted octanol–water partition coefficient (Wildman–Crippen LogP) is 2.23. The standard InChI is InChI=1S/C13H27NO2S/c1-5-14-12(11-10-13(11,3)4)8-7-9-17(15,16)6-2/h11-12,14H,5-10H2,1-4H3. The Kier molecular flexibility index (Phi) is 5.02. The molecule has 0 saturated heterocycles. The second-order valence-electron chi connectivity index (χ2n) is 5.84. The molecule has 0 amide bonds. The van der Waals surface area contributed by atoms with Gasteiger partial charge in [0.25, 0.3) is 0 Å². The molecule has 1 fully saturated rings. The van der Waals surface area contributed by atoms with E-state index in [1.165, 1.54) is 6.42 Å². The molecule has 0 bridgehead atoms. The third kappa shape index (κ3) is 4.59. The van der Waals surface area contributed by atoms with Crippen molar-refractivity contribution in [3.63, 3.8) is 0 Å². The molecule has 2 atom stereocenters. The Hall–Kier alpha value is -0.0900. The average Bonchev–Trinajstić information content (AvgIpc) is 2.86. The first-order chi connectivity index (χ1) is 7.82. The third-order valence-corrected chi connectivity index (χ3v) is 5.74. The highest BCUT2D eigenvalue weighted by molar-refractivity contribution is 7.91. The van der Waals surface area contributed by atoms with Gasteiger partial charge in [-0.1, -0.05) is 27.7 Å². The minimum atomic E-state index is -2.79. The molecule has 0 aromatic rings. The van der Waals surface area contributed by atoms with E-state index in [0.29, 0.717) is 17.2 Å². The van der Waals surface area contributed by atoms with Crippen molar-refractivity contribution >= 4 is 9.84 Å². The van der Waals surface area contributed by atoms with Gasteiger partial charge < -0.3 is 5.32 Å². The van der Waals surface area contributed by atoms with Crippen molar-refractivity contribution in [3.05, 3.63) is 0 Å². The van der Waals surface area contributed by atoms with Crippen LogP contribution in [0.3, 0.4) is 0 Å². The van der Waals surface area contributed by atoms with Gasteiger partial charge in [0.2, 0.25) is 0 Å². The van der Waals surface area contributed by atoms with E-state index < -0.39 is 9.84 Å². The van der Waals surface area contributed by atoms with E-state index in [2.05, 4.69) is 26.1 Å². The van der Waals surface area contributed by atoms with Crippen LogP contribution in [0.2, 0.25) is 0 Å². The Labute approximate surface area is 106 Å². The van der Waals surface area contributed by atoms with E-state index >= 15 is 0 Å². The van der Waals surface area contributed by atoms with Crippen molar-refractivity contribution in [2.75, 3.05) is 18.1 Å². The second kappa shape index (κ2) is 5.70. The van der Waals surface area contributed by atoms with Gasteiger partial charge >= 0.3 is 0 Å². The third-order valence-electron chi connectivity index (χ3n) is 3.95. The first kappa shape index (κ1) is 15.0. The summed E-state index contributed by atoms with van der Waals surface area (Å²) in [6.45, 7) is 9.40. The van der Waals surface area contributed by atoms with Crippen molar-refractivity contribution in [3.8, 4) is 0 Å². The first-order valence-electron chi connectivity index (χ1n) is 6.76. The van der Waals surface area contributed by atoms with E-state index in [4.69, 9.17) is 0 Å². The molecule has 1 N–H and O–H groups in total. The molecule has 17 heavy (non-hydrogen) atoms. The summed E-state index contributed by atoms with van der Waals surface area (Å²) >= 11 is 0. The Balaban J connectivity index is 2.36. The summed E-state index contributed by atoms with van der Waals surface area (Å²) in [5, 5.41) is 3.51. The minimum Gasteiger partial charge on any atom is -0.314 e. The molecule has 0 aromatic heterocycles. The zero-order valence-corrected chi connectivity index (χ0v) is 12.4. The summed E-state index contributed by atoms with van der Waals surface area (Å²) in [6.07, 6.45) is 3.05. The Bertz CT molecular complexity index is 335. The summed E-state index contributed by atoms with van der Waals surface area (Å²) in [7, 11) is -2.79. The maximum Gasteiger partial charge on any atom is 0.150 e. The summed E-state index contributed by atoms with van der Waals surface area (Å²) < 4.78 is 22.9. The molecule has 3 nitrogen and oxygen atoms in total. The molecule has 1 saturated carbocycles. The van der Waals surface area contributed by atoms with E-state index in [1.807, 2.05) is 0 Å². The lowest BCUT2D eigenvalue weighted by molar-refractivity contribution is 0.389. The van der Waals surface area contributed by atoms with Crippen LogP contribution in [0.15, 0.2) is 0 Å². The molecule has 0 heterocycles. The highest BCUT2D eigenvalue weighted by Gasteiger charge is 2.49. The Morgan fingerprint density at radius 2 is 1.94 bits per heavy atom. The van der Waals surface area contributed by atoms with Gasteiger partial charge in [0.15, 0.2) is 0 Å². The van der Waals surface area contributed by atoms with Gasteiger partial charge in [0, 0.05) is 11.8 Å². The summed E-state index contributed by atoms with van der Waals surface area (Å²) in [6, 6.07) is 0.502. The number of rotatable bonds is 8. The van der Waals surface area contributed by atoms with Crippen LogP contribution in [-0.4, -0.2) is 32.5 Å². The number of hydrogen-bond donors (Lipinski definition) is 1. The van der Waals surface area contributed by atoms with Gasteiger partial charge in [-0.05, 0) is 37.1 Å². The van der Waals surface area contributed by atoms with Gasteiger partial charge in [0.05, 0.1) is 5.75 Å². The lowest BCUT2D eigenvalue weighted by Gasteiger charge is -2.19. The zero-order chi connectivity index (χ0) is 13.1. The highest BCUT2D eigenvalue weighted by atomic mass is 32.2. The molecule has 0 spiro atoms. The quantitative estimate of drug-likeness (QED) is 0.729. The van der Waals surface area contributed by atoms with Gasteiger partial charge in [0.1, 0.15) is 9.84 Å². The summed E-state index contributed by atoms with van der Waals surface area (Å²) in [5.74, 6) is 1.35. The largest absolute Gasteiger partial charge is 0.314 e. The smallest absolute Gasteiger partial charge is 0.150 e.